The van der Waals surface area contributed by atoms with E-state index >= 15 is 0 Å². The van der Waals surface area contributed by atoms with Crippen LogP contribution in [0.3, 0.4) is 0 Å². The molecule has 2 rings (SSSR count). The molecule has 5 nitrogen and oxygen atoms in total. The lowest BCUT2D eigenvalue weighted by molar-refractivity contribution is 0.213. The minimum Gasteiger partial charge on any atom is -0.489 e. The number of nitrogens with zero attached hydrogens (tertiary/aromatic N) is 2. The van der Waals surface area contributed by atoms with E-state index in [1.54, 1.807) is 12.1 Å². The zero-order valence-electron chi connectivity index (χ0n) is 16.7. The summed E-state index contributed by atoms with van der Waals surface area (Å²) in [5.74, 6) is 2.04. The first-order valence-corrected chi connectivity index (χ1v) is 9.69. The predicted molar refractivity (Wildman–Crippen MR) is 121 cm³/mol. The molecule has 0 radical (unpaired) electrons. The highest BCUT2D eigenvalue weighted by Crippen LogP contribution is 2.18. The van der Waals surface area contributed by atoms with Gasteiger partial charge in [0.25, 0.3) is 0 Å². The summed E-state index contributed by atoms with van der Waals surface area (Å²) in [7, 11) is 2.19. The number of hydrogen-bond donors (Lipinski definition) is 2. The number of guanidine groups is 1. The number of nitrogens with one attached hydrogen (secondary N) is 2. The van der Waals surface area contributed by atoms with E-state index in [0.29, 0.717) is 12.3 Å². The van der Waals surface area contributed by atoms with Crippen LogP contribution in [0.15, 0.2) is 29.3 Å². The second kappa shape index (κ2) is 13.1. The lowest BCUT2D eigenvalue weighted by atomic mass is 9.94. The van der Waals surface area contributed by atoms with Gasteiger partial charge >= 0.3 is 0 Å². The highest BCUT2D eigenvalue weighted by molar-refractivity contribution is 14.0. The third kappa shape index (κ3) is 9.60. The second-order valence-corrected chi connectivity index (χ2v) is 7.06. The van der Waals surface area contributed by atoms with Crippen LogP contribution >= 0.6 is 24.0 Å². The van der Waals surface area contributed by atoms with Crippen LogP contribution in [0.1, 0.15) is 33.1 Å². The standard InChI is InChI=1S/C20H33FN4O.HI/c1-4-22-20(23-12-9-17-10-13-25(3)14-11-17)24-15-16(2)26-19-7-5-18(21)6-8-19;/h5-8,16-17H,4,9-15H2,1-3H3,(H2,22,23,24);1H. The molecule has 1 aliphatic rings. The van der Waals surface area contributed by atoms with Gasteiger partial charge in [-0.15, -0.1) is 24.0 Å². The Hall–Kier alpha value is -1.09. The summed E-state index contributed by atoms with van der Waals surface area (Å²) in [4.78, 5) is 7.01. The molecule has 1 aromatic rings. The molecule has 1 atom stereocenters. The third-order valence-electron chi connectivity index (χ3n) is 4.68. The molecule has 1 fully saturated rings. The van der Waals surface area contributed by atoms with Gasteiger partial charge < -0.3 is 20.3 Å². The minimum atomic E-state index is -0.258. The van der Waals surface area contributed by atoms with Crippen LogP contribution in [-0.2, 0) is 0 Å². The molecule has 0 spiro atoms. The van der Waals surface area contributed by atoms with Gasteiger partial charge in [-0.2, -0.15) is 0 Å². The first-order valence-electron chi connectivity index (χ1n) is 9.69. The summed E-state index contributed by atoms with van der Waals surface area (Å²) >= 11 is 0. The van der Waals surface area contributed by atoms with E-state index in [0.717, 1.165) is 25.0 Å². The van der Waals surface area contributed by atoms with Gasteiger partial charge in [0.1, 0.15) is 17.7 Å². The molecule has 1 unspecified atom stereocenters. The summed E-state index contributed by atoms with van der Waals surface area (Å²) in [5.41, 5.74) is 0. The van der Waals surface area contributed by atoms with Gasteiger partial charge in [0, 0.05) is 13.1 Å². The Kier molecular flexibility index (Phi) is 11.7. The van der Waals surface area contributed by atoms with Crippen molar-refractivity contribution in [3.8, 4) is 5.75 Å². The average molecular weight is 492 g/mol. The van der Waals surface area contributed by atoms with Crippen molar-refractivity contribution < 1.29 is 9.13 Å². The maximum atomic E-state index is 12.9. The SMILES string of the molecule is CCNC(=NCC(C)Oc1ccc(F)cc1)NCCC1CCN(C)CC1.I. The summed E-state index contributed by atoms with van der Waals surface area (Å²) in [6.07, 6.45) is 3.67. The quantitative estimate of drug-likeness (QED) is 0.332. The Morgan fingerprint density at radius 3 is 2.56 bits per heavy atom. The van der Waals surface area contributed by atoms with Crippen LogP contribution < -0.4 is 15.4 Å². The normalized spacial score (nSPS) is 17.1. The largest absolute Gasteiger partial charge is 0.489 e. The molecule has 154 valence electrons. The summed E-state index contributed by atoms with van der Waals surface area (Å²) in [6.45, 7) is 8.75. The first kappa shape index (κ1) is 23.9. The van der Waals surface area contributed by atoms with E-state index < -0.39 is 0 Å². The smallest absolute Gasteiger partial charge is 0.191 e. The first-order chi connectivity index (χ1) is 12.6. The van der Waals surface area contributed by atoms with Crippen molar-refractivity contribution in [1.82, 2.24) is 15.5 Å². The number of aliphatic imine (C=N–C) groups is 1. The van der Waals surface area contributed by atoms with Crippen molar-refractivity contribution in [3.63, 3.8) is 0 Å². The zero-order valence-corrected chi connectivity index (χ0v) is 19.0. The molecule has 1 aromatic carbocycles. The van der Waals surface area contributed by atoms with Gasteiger partial charge in [0.2, 0.25) is 0 Å². The van der Waals surface area contributed by atoms with Crippen LogP contribution in [0.2, 0.25) is 0 Å². The van der Waals surface area contributed by atoms with E-state index in [1.165, 1.54) is 44.5 Å². The Bertz CT molecular complexity index is 547. The van der Waals surface area contributed by atoms with Crippen LogP contribution in [0.25, 0.3) is 0 Å². The molecule has 0 bridgehead atoms. The van der Waals surface area contributed by atoms with Gasteiger partial charge in [0.15, 0.2) is 5.96 Å². The number of halogens is 2. The van der Waals surface area contributed by atoms with Crippen LogP contribution in [0, 0.1) is 11.7 Å². The zero-order chi connectivity index (χ0) is 18.8. The van der Waals surface area contributed by atoms with Crippen LogP contribution in [0.5, 0.6) is 5.75 Å². The molecule has 1 saturated heterocycles. The van der Waals surface area contributed by atoms with Crippen molar-refractivity contribution in [2.24, 2.45) is 10.9 Å². The Morgan fingerprint density at radius 1 is 1.26 bits per heavy atom. The van der Waals surface area contributed by atoms with E-state index in [-0.39, 0.29) is 35.9 Å². The average Bonchev–Trinajstić information content (AvgIpc) is 2.63. The Morgan fingerprint density at radius 2 is 1.93 bits per heavy atom. The van der Waals surface area contributed by atoms with Gasteiger partial charge in [-0.3, -0.25) is 0 Å². The highest BCUT2D eigenvalue weighted by atomic mass is 127. The monoisotopic (exact) mass is 492 g/mol. The van der Waals surface area contributed by atoms with E-state index in [4.69, 9.17) is 4.74 Å². The maximum absolute atomic E-state index is 12.9. The number of ether oxygens (including phenoxy) is 1. The van der Waals surface area contributed by atoms with Gasteiger partial charge in [0.05, 0.1) is 6.54 Å². The molecule has 27 heavy (non-hydrogen) atoms. The molecule has 7 heteroatoms. The van der Waals surface area contributed by atoms with E-state index in [2.05, 4.69) is 34.5 Å². The number of rotatable bonds is 8. The topological polar surface area (TPSA) is 48.9 Å². The Balaban J connectivity index is 0.00000364. The van der Waals surface area contributed by atoms with Crippen molar-refractivity contribution >= 4 is 29.9 Å². The van der Waals surface area contributed by atoms with Gasteiger partial charge in [-0.05, 0) is 83.4 Å². The number of piperidine rings is 1. The van der Waals surface area contributed by atoms with Crippen LogP contribution in [0.4, 0.5) is 4.39 Å². The van der Waals surface area contributed by atoms with Crippen molar-refractivity contribution in [2.45, 2.75) is 39.2 Å². The second-order valence-electron chi connectivity index (χ2n) is 7.06. The molecule has 0 amide bonds. The molecule has 0 aromatic heterocycles. The fraction of sp³-hybridized carbons (Fsp3) is 0.650. The molecule has 0 aliphatic carbocycles. The Labute approximate surface area is 180 Å². The predicted octanol–water partition coefficient (Wildman–Crippen LogP) is 3.50. The summed E-state index contributed by atoms with van der Waals surface area (Å²) in [5, 5.41) is 6.71. The number of benzene rings is 1. The highest BCUT2D eigenvalue weighted by Gasteiger charge is 2.16. The van der Waals surface area contributed by atoms with Crippen molar-refractivity contribution in [2.75, 3.05) is 39.8 Å². The lowest BCUT2D eigenvalue weighted by Gasteiger charge is -2.29. The minimum absolute atomic E-state index is 0. The number of likely N-dealkylation sites (tertiary alicyclic amines) is 1. The fourth-order valence-electron chi connectivity index (χ4n) is 3.09. The summed E-state index contributed by atoms with van der Waals surface area (Å²) < 4.78 is 18.7. The maximum Gasteiger partial charge on any atom is 0.191 e. The molecule has 0 saturated carbocycles. The lowest BCUT2D eigenvalue weighted by Crippen LogP contribution is -2.39. The van der Waals surface area contributed by atoms with Crippen molar-refractivity contribution in [1.29, 1.82) is 0 Å². The third-order valence-corrected chi connectivity index (χ3v) is 4.68. The summed E-state index contributed by atoms with van der Waals surface area (Å²) in [6, 6.07) is 6.08. The van der Waals surface area contributed by atoms with Gasteiger partial charge in [-0.1, -0.05) is 0 Å². The number of hydrogen-bond acceptors (Lipinski definition) is 3. The van der Waals surface area contributed by atoms with Crippen molar-refractivity contribution in [3.05, 3.63) is 30.1 Å². The molecule has 2 N–H and O–H groups in total. The molecule has 1 heterocycles. The fourth-order valence-corrected chi connectivity index (χ4v) is 3.09. The van der Waals surface area contributed by atoms with E-state index in [1.807, 2.05) is 6.92 Å². The van der Waals surface area contributed by atoms with Gasteiger partial charge in [-0.25, -0.2) is 9.38 Å². The molecule has 1 aliphatic heterocycles. The van der Waals surface area contributed by atoms with Crippen LogP contribution in [-0.4, -0.2) is 56.7 Å². The molecular formula is C20H34FIN4O. The molecular weight excluding hydrogens is 458 g/mol. The van der Waals surface area contributed by atoms with E-state index in [9.17, 15) is 4.39 Å².